The molecule has 0 fully saturated rings. The summed E-state index contributed by atoms with van der Waals surface area (Å²) in [7, 11) is 0. The van der Waals surface area contributed by atoms with Crippen molar-refractivity contribution in [1.29, 1.82) is 0 Å². The van der Waals surface area contributed by atoms with E-state index in [0.29, 0.717) is 5.75 Å². The average molecular weight is 396 g/mol. The number of halogens is 1. The van der Waals surface area contributed by atoms with Crippen LogP contribution >= 0.6 is 24.2 Å². The average Bonchev–Trinajstić information content (AvgIpc) is 2.91. The van der Waals surface area contributed by atoms with Crippen molar-refractivity contribution in [2.75, 3.05) is 13.1 Å². The normalized spacial score (nSPS) is 20.3. The van der Waals surface area contributed by atoms with Gasteiger partial charge in [0.05, 0.1) is 24.1 Å². The van der Waals surface area contributed by atoms with E-state index in [2.05, 4.69) is 65.6 Å². The predicted molar refractivity (Wildman–Crippen MR) is 115 cm³/mol. The number of phenolic OH excluding ortho intramolecular Hbond substituents is 1. The van der Waals surface area contributed by atoms with Gasteiger partial charge >= 0.3 is 0 Å². The molecule has 0 amide bonds. The Balaban J connectivity index is 0.00000243. The SMILES string of the molecule is CC1SC2=NCCN2N=C1c1cc(C(C)(C)C)c(O)c(C(C)(C)C)c1.Cl. The standard InChI is InChI=1S/C20H29N3OS.ClH/c1-12-16(22-23-9-8-21-18(23)25-12)13-10-14(19(2,3)4)17(24)15(11-13)20(5,6)7;/h10-12,24H,8-9H2,1-7H3;1H. The number of hydrogen-bond donors (Lipinski definition) is 1. The van der Waals surface area contributed by atoms with E-state index in [4.69, 9.17) is 5.10 Å². The van der Waals surface area contributed by atoms with E-state index in [1.807, 2.05) is 5.01 Å². The summed E-state index contributed by atoms with van der Waals surface area (Å²) in [4.78, 5) is 4.52. The van der Waals surface area contributed by atoms with Gasteiger partial charge in [0.25, 0.3) is 0 Å². The number of nitrogens with zero attached hydrogens (tertiary/aromatic N) is 3. The van der Waals surface area contributed by atoms with Crippen molar-refractivity contribution in [2.24, 2.45) is 10.1 Å². The summed E-state index contributed by atoms with van der Waals surface area (Å²) in [6.07, 6.45) is 0. The van der Waals surface area contributed by atoms with Gasteiger partial charge in [-0.25, -0.2) is 5.01 Å². The number of amidine groups is 1. The van der Waals surface area contributed by atoms with Gasteiger partial charge in [0, 0.05) is 11.1 Å². The Morgan fingerprint density at radius 1 is 1.08 bits per heavy atom. The summed E-state index contributed by atoms with van der Waals surface area (Å²) in [6.45, 7) is 16.7. The molecule has 26 heavy (non-hydrogen) atoms. The molecular weight excluding hydrogens is 366 g/mol. The summed E-state index contributed by atoms with van der Waals surface area (Å²) >= 11 is 1.77. The van der Waals surface area contributed by atoms with Gasteiger partial charge in [-0.15, -0.1) is 12.4 Å². The van der Waals surface area contributed by atoms with Crippen LogP contribution in [0.25, 0.3) is 0 Å². The minimum Gasteiger partial charge on any atom is -0.507 e. The number of phenols is 1. The minimum absolute atomic E-state index is 0. The highest BCUT2D eigenvalue weighted by Crippen LogP contribution is 2.41. The first kappa shape index (κ1) is 21.1. The van der Waals surface area contributed by atoms with E-state index >= 15 is 0 Å². The number of aliphatic imine (C=N–C) groups is 1. The van der Waals surface area contributed by atoms with Gasteiger partial charge in [0.15, 0.2) is 5.17 Å². The molecule has 0 saturated heterocycles. The van der Waals surface area contributed by atoms with Gasteiger partial charge in [-0.3, -0.25) is 4.99 Å². The second kappa shape index (κ2) is 7.08. The lowest BCUT2D eigenvalue weighted by Gasteiger charge is -2.31. The highest BCUT2D eigenvalue weighted by molar-refractivity contribution is 8.15. The van der Waals surface area contributed by atoms with Crippen LogP contribution in [-0.2, 0) is 10.8 Å². The number of aromatic hydroxyl groups is 1. The summed E-state index contributed by atoms with van der Waals surface area (Å²) in [5.74, 6) is 0.420. The second-order valence-corrected chi connectivity index (χ2v) is 10.3. The third-order valence-electron chi connectivity index (χ3n) is 4.70. The van der Waals surface area contributed by atoms with Crippen LogP contribution < -0.4 is 0 Å². The largest absolute Gasteiger partial charge is 0.507 e. The molecule has 2 aliphatic rings. The molecule has 0 aliphatic carbocycles. The van der Waals surface area contributed by atoms with E-state index < -0.39 is 0 Å². The van der Waals surface area contributed by atoms with E-state index in [1.54, 1.807) is 11.8 Å². The first-order valence-electron chi connectivity index (χ1n) is 8.94. The number of rotatable bonds is 1. The Morgan fingerprint density at radius 2 is 1.62 bits per heavy atom. The molecule has 1 unspecified atom stereocenters. The lowest BCUT2D eigenvalue weighted by Crippen LogP contribution is -2.33. The molecule has 1 atom stereocenters. The van der Waals surface area contributed by atoms with Crippen LogP contribution in [0.1, 0.15) is 65.2 Å². The van der Waals surface area contributed by atoms with Gasteiger partial charge in [0.1, 0.15) is 5.75 Å². The lowest BCUT2D eigenvalue weighted by molar-refractivity contribution is 0.423. The molecule has 2 heterocycles. The number of benzene rings is 1. The molecule has 1 aromatic rings. The molecule has 144 valence electrons. The first-order valence-corrected chi connectivity index (χ1v) is 9.82. The molecule has 3 rings (SSSR count). The highest BCUT2D eigenvalue weighted by atomic mass is 35.5. The van der Waals surface area contributed by atoms with Crippen molar-refractivity contribution >= 4 is 35.0 Å². The fraction of sp³-hybridized carbons (Fsp3) is 0.600. The predicted octanol–water partition coefficient (Wildman–Crippen LogP) is 4.92. The highest BCUT2D eigenvalue weighted by Gasteiger charge is 2.32. The zero-order chi connectivity index (χ0) is 18.6. The third-order valence-corrected chi connectivity index (χ3v) is 5.82. The van der Waals surface area contributed by atoms with Gasteiger partial charge in [-0.2, -0.15) is 5.10 Å². The molecule has 0 spiro atoms. The number of hydrogen-bond acceptors (Lipinski definition) is 5. The molecule has 6 heteroatoms. The quantitative estimate of drug-likeness (QED) is 0.734. The van der Waals surface area contributed by atoms with Gasteiger partial charge in [-0.1, -0.05) is 53.3 Å². The fourth-order valence-electron chi connectivity index (χ4n) is 3.25. The maximum atomic E-state index is 10.9. The van der Waals surface area contributed by atoms with Crippen molar-refractivity contribution < 1.29 is 5.11 Å². The Labute approximate surface area is 167 Å². The Bertz CT molecular complexity index is 724. The van der Waals surface area contributed by atoms with Crippen molar-refractivity contribution in [1.82, 2.24) is 5.01 Å². The maximum Gasteiger partial charge on any atom is 0.180 e. The number of hydrazone groups is 1. The van der Waals surface area contributed by atoms with Crippen LogP contribution in [0.15, 0.2) is 22.2 Å². The number of fused-ring (bicyclic) bond motifs is 1. The molecular formula is C20H30ClN3OS. The smallest absolute Gasteiger partial charge is 0.180 e. The van der Waals surface area contributed by atoms with Gasteiger partial charge in [-0.05, 0) is 35.4 Å². The summed E-state index contributed by atoms with van der Waals surface area (Å²) < 4.78 is 0. The van der Waals surface area contributed by atoms with Crippen molar-refractivity contribution in [3.05, 3.63) is 28.8 Å². The van der Waals surface area contributed by atoms with Crippen molar-refractivity contribution in [3.63, 3.8) is 0 Å². The van der Waals surface area contributed by atoms with Crippen LogP contribution in [0.4, 0.5) is 0 Å². The van der Waals surface area contributed by atoms with Crippen molar-refractivity contribution in [2.45, 2.75) is 64.5 Å². The van der Waals surface area contributed by atoms with E-state index in [9.17, 15) is 5.11 Å². The molecule has 0 saturated carbocycles. The Morgan fingerprint density at radius 3 is 2.12 bits per heavy atom. The summed E-state index contributed by atoms with van der Waals surface area (Å²) in [6, 6.07) is 4.25. The van der Waals surface area contributed by atoms with E-state index in [0.717, 1.165) is 40.7 Å². The third kappa shape index (κ3) is 3.89. The second-order valence-electron chi connectivity index (χ2n) is 8.95. The summed E-state index contributed by atoms with van der Waals surface area (Å²) in [5, 5.41) is 19.1. The fourth-order valence-corrected chi connectivity index (χ4v) is 4.28. The Hall–Kier alpha value is -1.20. The lowest BCUT2D eigenvalue weighted by atomic mass is 9.78. The van der Waals surface area contributed by atoms with Gasteiger partial charge < -0.3 is 5.11 Å². The zero-order valence-corrected chi connectivity index (χ0v) is 18.4. The molecule has 1 N–H and O–H groups in total. The molecule has 0 aromatic heterocycles. The molecule has 0 bridgehead atoms. The summed E-state index contributed by atoms with van der Waals surface area (Å²) in [5.41, 5.74) is 3.88. The molecule has 4 nitrogen and oxygen atoms in total. The van der Waals surface area contributed by atoms with E-state index in [-0.39, 0.29) is 28.5 Å². The molecule has 0 radical (unpaired) electrons. The molecule has 1 aromatic carbocycles. The topological polar surface area (TPSA) is 48.2 Å². The van der Waals surface area contributed by atoms with Gasteiger partial charge in [0.2, 0.25) is 0 Å². The number of thioether (sulfide) groups is 1. The first-order chi connectivity index (χ1) is 11.5. The van der Waals surface area contributed by atoms with Crippen LogP contribution in [0.5, 0.6) is 5.75 Å². The van der Waals surface area contributed by atoms with Crippen molar-refractivity contribution in [3.8, 4) is 5.75 Å². The maximum absolute atomic E-state index is 10.9. The van der Waals surface area contributed by atoms with Crippen LogP contribution in [0.2, 0.25) is 0 Å². The minimum atomic E-state index is -0.133. The Kier molecular flexibility index (Phi) is 5.75. The monoisotopic (exact) mass is 395 g/mol. The van der Waals surface area contributed by atoms with Crippen LogP contribution in [0.3, 0.4) is 0 Å². The molecule has 2 aliphatic heterocycles. The van der Waals surface area contributed by atoms with Crippen LogP contribution in [0, 0.1) is 0 Å². The van der Waals surface area contributed by atoms with E-state index in [1.165, 1.54) is 0 Å². The van der Waals surface area contributed by atoms with Crippen LogP contribution in [-0.4, -0.2) is 39.3 Å². The zero-order valence-electron chi connectivity index (χ0n) is 16.8.